The monoisotopic (exact) mass is 437 g/mol. The zero-order valence-corrected chi connectivity index (χ0v) is 17.6. The fourth-order valence-electron chi connectivity index (χ4n) is 3.89. The third-order valence-electron chi connectivity index (χ3n) is 5.75. The van der Waals surface area contributed by atoms with Gasteiger partial charge >= 0.3 is 0 Å². The Morgan fingerprint density at radius 3 is 2.55 bits per heavy atom. The maximum atomic E-state index is 12.4. The lowest BCUT2D eigenvalue weighted by atomic mass is 9.92. The molecule has 3 rings (SSSR count). The van der Waals surface area contributed by atoms with Gasteiger partial charge in [0.2, 0.25) is 12.2 Å². The van der Waals surface area contributed by atoms with Crippen LogP contribution >= 0.6 is 0 Å². The Morgan fingerprint density at radius 1 is 1.23 bits per heavy atom. The number of nitrogens with one attached hydrogen (secondary N) is 1. The number of ether oxygens (including phenoxy) is 2. The zero-order chi connectivity index (χ0) is 22.7. The molecule has 1 aromatic rings. The summed E-state index contributed by atoms with van der Waals surface area (Å²) in [4.78, 5) is 12.4. The summed E-state index contributed by atoms with van der Waals surface area (Å²) in [5.74, 6) is -0.506. The number of phenolic OH excluding ortho intramolecular Hbond substituents is 1. The van der Waals surface area contributed by atoms with Crippen molar-refractivity contribution in [2.24, 2.45) is 0 Å². The average molecular weight is 437 g/mol. The smallest absolute Gasteiger partial charge is 0.247 e. The molecule has 9 nitrogen and oxygen atoms in total. The lowest BCUT2D eigenvalue weighted by molar-refractivity contribution is -0.129. The average Bonchev–Trinajstić information content (AvgIpc) is 3.00. The van der Waals surface area contributed by atoms with Gasteiger partial charge in [0, 0.05) is 5.57 Å². The number of aliphatic hydroxyl groups is 4. The molecule has 1 saturated heterocycles. The normalized spacial score (nSPS) is 32.5. The van der Waals surface area contributed by atoms with Gasteiger partial charge in [-0.25, -0.2) is 0 Å². The van der Waals surface area contributed by atoms with Crippen LogP contribution < -0.4 is 10.1 Å². The molecular formula is C22H31NO8. The van der Waals surface area contributed by atoms with Crippen molar-refractivity contribution in [3.63, 3.8) is 0 Å². The van der Waals surface area contributed by atoms with Crippen LogP contribution in [0.4, 0.5) is 0 Å². The van der Waals surface area contributed by atoms with E-state index in [-0.39, 0.29) is 23.4 Å². The second kappa shape index (κ2) is 9.97. The number of aromatic hydroxyl groups is 1. The van der Waals surface area contributed by atoms with Crippen molar-refractivity contribution < 1.29 is 39.8 Å². The molecule has 6 N–H and O–H groups in total. The van der Waals surface area contributed by atoms with Crippen LogP contribution in [-0.2, 0) is 9.53 Å². The molecule has 1 aliphatic carbocycles. The number of rotatable bonds is 6. The lowest BCUT2D eigenvalue weighted by Crippen LogP contribution is -2.45. The molecular weight excluding hydrogens is 406 g/mol. The second-order valence-corrected chi connectivity index (χ2v) is 8.30. The fourth-order valence-corrected chi connectivity index (χ4v) is 3.89. The summed E-state index contributed by atoms with van der Waals surface area (Å²) in [5.41, 5.74) is 0.972. The third-order valence-corrected chi connectivity index (χ3v) is 5.75. The van der Waals surface area contributed by atoms with Crippen LogP contribution in [0, 0.1) is 0 Å². The molecule has 1 saturated carbocycles. The van der Waals surface area contributed by atoms with Gasteiger partial charge in [-0.05, 0) is 50.5 Å². The Morgan fingerprint density at radius 2 is 1.94 bits per heavy atom. The summed E-state index contributed by atoms with van der Waals surface area (Å²) in [6.45, 7) is 3.07. The van der Waals surface area contributed by atoms with Gasteiger partial charge in [0.25, 0.3) is 0 Å². The van der Waals surface area contributed by atoms with E-state index >= 15 is 0 Å². The molecule has 172 valence electrons. The highest BCUT2D eigenvalue weighted by Gasteiger charge is 2.46. The molecule has 0 radical (unpaired) electrons. The van der Waals surface area contributed by atoms with Gasteiger partial charge < -0.3 is 40.3 Å². The number of phenols is 1. The Bertz CT molecular complexity index is 811. The first-order chi connectivity index (χ1) is 14.7. The van der Waals surface area contributed by atoms with Crippen LogP contribution in [-0.4, -0.2) is 74.3 Å². The quantitative estimate of drug-likeness (QED) is 0.351. The van der Waals surface area contributed by atoms with Crippen LogP contribution in [0.15, 0.2) is 23.8 Å². The fraction of sp³-hybridized carbons (Fsp3) is 0.591. The molecule has 1 heterocycles. The molecule has 0 unspecified atom stereocenters. The molecule has 1 aliphatic heterocycles. The van der Waals surface area contributed by atoms with E-state index in [2.05, 4.69) is 5.32 Å². The predicted octanol–water partition coefficient (Wildman–Crippen LogP) is 0.421. The molecule has 2 aliphatic rings. The first-order valence-electron chi connectivity index (χ1n) is 10.5. The molecule has 1 amide bonds. The number of carbonyl (C=O) groups is 1. The molecule has 2 fully saturated rings. The summed E-state index contributed by atoms with van der Waals surface area (Å²) in [7, 11) is 0. The first-order valence-corrected chi connectivity index (χ1v) is 10.5. The SMILES string of the molecule is C/C(=C\c1ccc(O[C@@H]2O[C@H]([C@H](C)O)[C@@H](O)[C@@H]2O)c(O)c1)C(=O)N[C@@H]1CCCC[C@H]1O. The number of hydrogen-bond acceptors (Lipinski definition) is 8. The minimum absolute atomic E-state index is 0.0204. The van der Waals surface area contributed by atoms with Gasteiger partial charge in [-0.1, -0.05) is 18.9 Å². The predicted molar refractivity (Wildman–Crippen MR) is 111 cm³/mol. The summed E-state index contributed by atoms with van der Waals surface area (Å²) in [5, 5.41) is 52.8. The standard InChI is InChI=1S/C22H31NO8/c1-11(21(29)23-14-5-3-4-6-15(14)25)9-13-7-8-17(16(26)10-13)30-22-19(28)18(27)20(31-22)12(2)24/h7-10,12,14-15,18-20,22,24-28H,3-6H2,1-2H3,(H,23,29)/b11-9+/t12-,14+,15+,18-,19-,20+,22+/m0/s1. The lowest BCUT2D eigenvalue weighted by Gasteiger charge is -2.28. The van der Waals surface area contributed by atoms with Gasteiger partial charge in [-0.2, -0.15) is 0 Å². The molecule has 1 aromatic carbocycles. The van der Waals surface area contributed by atoms with E-state index in [1.54, 1.807) is 19.1 Å². The number of carbonyl (C=O) groups excluding carboxylic acids is 1. The summed E-state index contributed by atoms with van der Waals surface area (Å²) >= 11 is 0. The Hall–Kier alpha value is -2.17. The van der Waals surface area contributed by atoms with Crippen LogP contribution in [0.3, 0.4) is 0 Å². The van der Waals surface area contributed by atoms with E-state index in [9.17, 15) is 30.3 Å². The first kappa shape index (κ1) is 23.5. The number of hydrogen-bond donors (Lipinski definition) is 6. The van der Waals surface area contributed by atoms with E-state index in [1.165, 1.54) is 19.1 Å². The minimum Gasteiger partial charge on any atom is -0.504 e. The molecule has 0 bridgehead atoms. The Kier molecular flexibility index (Phi) is 7.55. The molecule has 0 aromatic heterocycles. The van der Waals surface area contributed by atoms with Crippen LogP contribution in [0.25, 0.3) is 6.08 Å². The molecule has 9 heteroatoms. The van der Waals surface area contributed by atoms with Crippen molar-refractivity contribution in [2.75, 3.05) is 0 Å². The van der Waals surface area contributed by atoms with E-state index < -0.39 is 36.8 Å². The van der Waals surface area contributed by atoms with Crippen molar-refractivity contribution >= 4 is 12.0 Å². The second-order valence-electron chi connectivity index (χ2n) is 8.30. The van der Waals surface area contributed by atoms with Crippen molar-refractivity contribution in [2.45, 2.75) is 82.4 Å². The van der Waals surface area contributed by atoms with Crippen molar-refractivity contribution in [1.29, 1.82) is 0 Å². The van der Waals surface area contributed by atoms with Gasteiger partial charge in [0.05, 0.1) is 18.2 Å². The van der Waals surface area contributed by atoms with E-state index in [4.69, 9.17) is 9.47 Å². The maximum absolute atomic E-state index is 12.4. The van der Waals surface area contributed by atoms with E-state index in [0.29, 0.717) is 17.6 Å². The molecule has 7 atom stereocenters. The van der Waals surface area contributed by atoms with Crippen LogP contribution in [0.2, 0.25) is 0 Å². The van der Waals surface area contributed by atoms with E-state index in [1.807, 2.05) is 0 Å². The van der Waals surface area contributed by atoms with Crippen molar-refractivity contribution in [3.05, 3.63) is 29.3 Å². The number of amides is 1. The van der Waals surface area contributed by atoms with Gasteiger partial charge in [-0.3, -0.25) is 4.79 Å². The third kappa shape index (κ3) is 5.55. The highest BCUT2D eigenvalue weighted by Crippen LogP contribution is 2.32. The van der Waals surface area contributed by atoms with Crippen LogP contribution in [0.1, 0.15) is 45.1 Å². The van der Waals surface area contributed by atoms with E-state index in [0.717, 1.165) is 19.3 Å². The van der Waals surface area contributed by atoms with Gasteiger partial charge in [-0.15, -0.1) is 0 Å². The minimum atomic E-state index is -1.39. The largest absolute Gasteiger partial charge is 0.504 e. The van der Waals surface area contributed by atoms with Crippen LogP contribution in [0.5, 0.6) is 11.5 Å². The van der Waals surface area contributed by atoms with Crippen molar-refractivity contribution in [3.8, 4) is 11.5 Å². The molecule has 31 heavy (non-hydrogen) atoms. The summed E-state index contributed by atoms with van der Waals surface area (Å²) < 4.78 is 10.8. The summed E-state index contributed by atoms with van der Waals surface area (Å²) in [6.07, 6.45) is -1.57. The highest BCUT2D eigenvalue weighted by atomic mass is 16.7. The topological polar surface area (TPSA) is 149 Å². The molecule has 0 spiro atoms. The number of benzene rings is 1. The zero-order valence-electron chi connectivity index (χ0n) is 17.6. The van der Waals surface area contributed by atoms with Gasteiger partial charge in [0.1, 0.15) is 18.3 Å². The van der Waals surface area contributed by atoms with Gasteiger partial charge in [0.15, 0.2) is 11.5 Å². The Balaban J connectivity index is 1.64. The maximum Gasteiger partial charge on any atom is 0.247 e. The Labute approximate surface area is 180 Å². The number of aliphatic hydroxyl groups excluding tert-OH is 4. The highest BCUT2D eigenvalue weighted by molar-refractivity contribution is 5.97. The van der Waals surface area contributed by atoms with Crippen molar-refractivity contribution in [1.82, 2.24) is 5.32 Å². The summed E-state index contributed by atoms with van der Waals surface area (Å²) in [6, 6.07) is 4.21.